The molecule has 0 heterocycles. The third-order valence-electron chi connectivity index (χ3n) is 1.38. The molecule has 0 saturated carbocycles. The highest BCUT2D eigenvalue weighted by atomic mass is 16.5. The fourth-order valence-electron chi connectivity index (χ4n) is 0.836. The van der Waals surface area contributed by atoms with Crippen LogP contribution in [-0.4, -0.2) is 14.2 Å². The first-order valence-corrected chi connectivity index (χ1v) is 3.21. The Morgan fingerprint density at radius 1 is 1.09 bits per heavy atom. The van der Waals surface area contributed by atoms with Gasteiger partial charge in [0.05, 0.1) is 19.9 Å². The van der Waals surface area contributed by atoms with Crippen LogP contribution in [0.3, 0.4) is 0 Å². The van der Waals surface area contributed by atoms with E-state index in [0.717, 1.165) is 0 Å². The van der Waals surface area contributed by atoms with Crippen molar-refractivity contribution in [2.45, 2.75) is 0 Å². The summed E-state index contributed by atoms with van der Waals surface area (Å²) in [6.07, 6.45) is 0. The van der Waals surface area contributed by atoms with Crippen molar-refractivity contribution in [2.24, 2.45) is 0 Å². The number of hydrogen-bond donors (Lipinski definition) is 0. The van der Waals surface area contributed by atoms with Crippen molar-refractivity contribution in [2.75, 3.05) is 14.2 Å². The maximum atomic E-state index is 7.28. The summed E-state index contributed by atoms with van der Waals surface area (Å²) in [4.78, 5) is 0. The number of nitrogens with one attached hydrogen (secondary N) is 1. The molecule has 11 heavy (non-hydrogen) atoms. The molecule has 0 unspecified atom stereocenters. The molecule has 0 aromatic heterocycles. The van der Waals surface area contributed by atoms with Gasteiger partial charge >= 0.3 is 0 Å². The normalized spacial score (nSPS) is 9.27. The quantitative estimate of drug-likeness (QED) is 0.646. The molecule has 0 aliphatic rings. The van der Waals surface area contributed by atoms with E-state index < -0.39 is 0 Å². The van der Waals surface area contributed by atoms with Crippen LogP contribution >= 0.6 is 0 Å². The van der Waals surface area contributed by atoms with Crippen molar-refractivity contribution in [3.05, 3.63) is 18.2 Å². The first-order valence-electron chi connectivity index (χ1n) is 3.21. The van der Waals surface area contributed by atoms with Crippen molar-refractivity contribution < 1.29 is 9.47 Å². The van der Waals surface area contributed by atoms with Crippen LogP contribution in [-0.2, 0) is 0 Å². The molecule has 0 atom stereocenters. The molecular formula is C8H10NO2. The molecule has 1 aromatic rings. The maximum absolute atomic E-state index is 7.28. The zero-order chi connectivity index (χ0) is 8.27. The van der Waals surface area contributed by atoms with Gasteiger partial charge in [0, 0.05) is 6.07 Å². The van der Waals surface area contributed by atoms with Crippen LogP contribution in [0.1, 0.15) is 0 Å². The third-order valence-corrected chi connectivity index (χ3v) is 1.38. The summed E-state index contributed by atoms with van der Waals surface area (Å²) >= 11 is 0. The van der Waals surface area contributed by atoms with Gasteiger partial charge in [0.1, 0.15) is 0 Å². The van der Waals surface area contributed by atoms with Gasteiger partial charge < -0.3 is 15.2 Å². The van der Waals surface area contributed by atoms with Crippen LogP contribution in [0, 0.1) is 0 Å². The van der Waals surface area contributed by atoms with E-state index in [-0.39, 0.29) is 0 Å². The van der Waals surface area contributed by atoms with Crippen LogP contribution in [0.25, 0.3) is 0 Å². The van der Waals surface area contributed by atoms with Gasteiger partial charge in [0.2, 0.25) is 0 Å². The van der Waals surface area contributed by atoms with Crippen LogP contribution in [0.4, 0.5) is 5.69 Å². The lowest BCUT2D eigenvalue weighted by Crippen LogP contribution is -1.89. The van der Waals surface area contributed by atoms with E-state index in [2.05, 4.69) is 0 Å². The minimum atomic E-state index is 0.419. The van der Waals surface area contributed by atoms with Crippen molar-refractivity contribution in [3.63, 3.8) is 0 Å². The maximum Gasteiger partial charge on any atom is 0.162 e. The van der Waals surface area contributed by atoms with E-state index in [0.29, 0.717) is 17.2 Å². The predicted octanol–water partition coefficient (Wildman–Crippen LogP) is 1.62. The smallest absolute Gasteiger partial charge is 0.162 e. The Hall–Kier alpha value is -1.38. The summed E-state index contributed by atoms with van der Waals surface area (Å²) in [5.41, 5.74) is 7.69. The summed E-state index contributed by atoms with van der Waals surface area (Å²) in [7, 11) is 3.12. The number of hydrogen-bond acceptors (Lipinski definition) is 2. The minimum absolute atomic E-state index is 0.419. The molecular weight excluding hydrogens is 142 g/mol. The lowest BCUT2D eigenvalue weighted by atomic mass is 10.3. The zero-order valence-corrected chi connectivity index (χ0v) is 6.55. The van der Waals surface area contributed by atoms with E-state index >= 15 is 0 Å². The molecule has 1 rings (SSSR count). The molecule has 3 nitrogen and oxygen atoms in total. The van der Waals surface area contributed by atoms with Crippen molar-refractivity contribution in [3.8, 4) is 11.5 Å². The predicted molar refractivity (Wildman–Crippen MR) is 42.3 cm³/mol. The van der Waals surface area contributed by atoms with Crippen LogP contribution in [0.15, 0.2) is 18.2 Å². The SMILES string of the molecule is COc1ccc([NH])cc1OC. The lowest BCUT2D eigenvalue weighted by Gasteiger charge is -2.06. The number of rotatable bonds is 2. The Morgan fingerprint density at radius 3 is 2.27 bits per heavy atom. The summed E-state index contributed by atoms with van der Waals surface area (Å²) in [6.45, 7) is 0. The fourth-order valence-corrected chi connectivity index (χ4v) is 0.836. The number of methoxy groups -OCH3 is 2. The third kappa shape index (κ3) is 1.55. The van der Waals surface area contributed by atoms with Gasteiger partial charge in [0.15, 0.2) is 11.5 Å². The highest BCUT2D eigenvalue weighted by Crippen LogP contribution is 2.28. The minimum Gasteiger partial charge on any atom is -0.493 e. The molecule has 0 amide bonds. The molecule has 1 aromatic carbocycles. The molecule has 0 saturated heterocycles. The molecule has 0 fully saturated rings. The van der Waals surface area contributed by atoms with Gasteiger partial charge in [-0.25, -0.2) is 0 Å². The van der Waals surface area contributed by atoms with Crippen molar-refractivity contribution >= 4 is 5.69 Å². The Bertz CT molecular complexity index is 248. The van der Waals surface area contributed by atoms with Crippen molar-refractivity contribution in [1.82, 2.24) is 5.73 Å². The van der Waals surface area contributed by atoms with E-state index in [4.69, 9.17) is 15.2 Å². The second-order valence-electron chi connectivity index (χ2n) is 2.07. The Labute approximate surface area is 65.7 Å². The van der Waals surface area contributed by atoms with Gasteiger partial charge in [-0.3, -0.25) is 0 Å². The average molecular weight is 152 g/mol. The summed E-state index contributed by atoms with van der Waals surface area (Å²) < 4.78 is 9.95. The largest absolute Gasteiger partial charge is 0.493 e. The second kappa shape index (κ2) is 3.14. The standard InChI is InChI=1S/C8H10NO2/c1-10-7-4-3-6(9)5-8(7)11-2/h3-5,9H,1-2H3. The number of ether oxygens (including phenoxy) is 2. The van der Waals surface area contributed by atoms with E-state index in [9.17, 15) is 0 Å². The first-order chi connectivity index (χ1) is 5.27. The van der Waals surface area contributed by atoms with E-state index in [1.54, 1.807) is 32.4 Å². The van der Waals surface area contributed by atoms with Gasteiger partial charge in [-0.1, -0.05) is 0 Å². The molecule has 59 valence electrons. The molecule has 1 N–H and O–H groups in total. The fraction of sp³-hybridized carbons (Fsp3) is 0.250. The molecule has 1 radical (unpaired) electrons. The second-order valence-corrected chi connectivity index (χ2v) is 2.07. The topological polar surface area (TPSA) is 42.3 Å². The average Bonchev–Trinajstić information content (AvgIpc) is 2.04. The summed E-state index contributed by atoms with van der Waals surface area (Å²) in [5, 5.41) is 0. The van der Waals surface area contributed by atoms with Gasteiger partial charge in [-0.2, -0.15) is 0 Å². The lowest BCUT2D eigenvalue weighted by molar-refractivity contribution is 0.355. The summed E-state index contributed by atoms with van der Waals surface area (Å²) in [6, 6.07) is 4.97. The Morgan fingerprint density at radius 2 is 1.73 bits per heavy atom. The molecule has 0 spiro atoms. The van der Waals surface area contributed by atoms with Crippen LogP contribution in [0.2, 0.25) is 0 Å². The number of benzene rings is 1. The van der Waals surface area contributed by atoms with Gasteiger partial charge in [-0.05, 0) is 12.1 Å². The van der Waals surface area contributed by atoms with Crippen molar-refractivity contribution in [1.29, 1.82) is 0 Å². The summed E-state index contributed by atoms with van der Waals surface area (Å²) in [5.74, 6) is 1.25. The molecule has 0 aliphatic carbocycles. The monoisotopic (exact) mass is 152 g/mol. The Balaban J connectivity index is 3.06. The van der Waals surface area contributed by atoms with Crippen LogP contribution in [0.5, 0.6) is 11.5 Å². The van der Waals surface area contributed by atoms with E-state index in [1.165, 1.54) is 0 Å². The van der Waals surface area contributed by atoms with Gasteiger partial charge in [-0.15, -0.1) is 0 Å². The highest BCUT2D eigenvalue weighted by molar-refractivity contribution is 5.49. The molecule has 0 aliphatic heterocycles. The first kappa shape index (κ1) is 7.72. The van der Waals surface area contributed by atoms with Crippen LogP contribution < -0.4 is 15.2 Å². The highest BCUT2D eigenvalue weighted by Gasteiger charge is 2.01. The zero-order valence-electron chi connectivity index (χ0n) is 6.55. The Kier molecular flexibility index (Phi) is 2.21. The van der Waals surface area contributed by atoms with Gasteiger partial charge in [0.25, 0.3) is 0 Å². The molecule has 0 bridgehead atoms. The van der Waals surface area contributed by atoms with E-state index in [1.807, 2.05) is 0 Å². The molecule has 3 heteroatoms.